The van der Waals surface area contributed by atoms with Crippen molar-refractivity contribution in [1.82, 2.24) is 0 Å². The first-order valence-electron chi connectivity index (χ1n) is 4.68. The minimum Gasteiger partial charge on any atom is -0.508 e. The van der Waals surface area contributed by atoms with Crippen LogP contribution in [0.25, 0.3) is 0 Å². The fourth-order valence-electron chi connectivity index (χ4n) is 1.88. The van der Waals surface area contributed by atoms with Crippen molar-refractivity contribution in [3.63, 3.8) is 0 Å². The van der Waals surface area contributed by atoms with Gasteiger partial charge in [-0.15, -0.1) is 0 Å². The van der Waals surface area contributed by atoms with Gasteiger partial charge in [0.2, 0.25) is 0 Å². The maximum Gasteiger partial charge on any atom is 0.125 e. The summed E-state index contributed by atoms with van der Waals surface area (Å²) in [7, 11) is 0. The van der Waals surface area contributed by atoms with Gasteiger partial charge in [0, 0.05) is 24.1 Å². The molecule has 1 aliphatic rings. The average Bonchev–Trinajstić information content (AvgIpc) is 2.15. The first-order valence-corrected chi connectivity index (χ1v) is 4.68. The second-order valence-corrected chi connectivity index (χ2v) is 3.60. The van der Waals surface area contributed by atoms with Crippen LogP contribution in [0.3, 0.4) is 0 Å². The molecule has 0 bridgehead atoms. The van der Waals surface area contributed by atoms with Crippen LogP contribution in [0.1, 0.15) is 17.9 Å². The molecule has 76 valence electrons. The van der Waals surface area contributed by atoms with Crippen molar-refractivity contribution < 1.29 is 10.2 Å². The number of aliphatic hydroxyl groups is 1. The zero-order valence-electron chi connectivity index (χ0n) is 7.77. The highest BCUT2D eigenvalue weighted by Gasteiger charge is 2.24. The molecule has 1 aromatic carbocycles. The highest BCUT2D eigenvalue weighted by molar-refractivity contribution is 5.58. The summed E-state index contributed by atoms with van der Waals surface area (Å²) in [4.78, 5) is 0. The van der Waals surface area contributed by atoms with Crippen LogP contribution in [-0.2, 0) is 0 Å². The predicted molar refractivity (Wildman–Crippen MR) is 54.1 cm³/mol. The second-order valence-electron chi connectivity index (χ2n) is 3.60. The van der Waals surface area contributed by atoms with Gasteiger partial charge in [-0.3, -0.25) is 0 Å². The highest BCUT2D eigenvalue weighted by Crippen LogP contribution is 2.34. The summed E-state index contributed by atoms with van der Waals surface area (Å²) < 4.78 is 0. The van der Waals surface area contributed by atoms with E-state index in [1.807, 2.05) is 6.07 Å². The molecule has 0 aromatic heterocycles. The Morgan fingerprint density at radius 3 is 3.00 bits per heavy atom. The molecule has 4 heteroatoms. The minimum absolute atomic E-state index is 0.168. The standard InChI is InChI=1S/C10H14N2O2/c11-5-6-3-10(14)12-9-4-7(13)1-2-8(6)9/h1-2,4,6,10,12-14H,3,5,11H2. The van der Waals surface area contributed by atoms with E-state index in [0.717, 1.165) is 11.3 Å². The maximum absolute atomic E-state index is 9.50. The van der Waals surface area contributed by atoms with E-state index in [4.69, 9.17) is 5.73 Å². The number of aromatic hydroxyl groups is 1. The van der Waals surface area contributed by atoms with Crippen molar-refractivity contribution in [2.24, 2.45) is 5.73 Å². The molecule has 0 fully saturated rings. The van der Waals surface area contributed by atoms with E-state index in [1.54, 1.807) is 12.1 Å². The first kappa shape index (κ1) is 9.30. The summed E-state index contributed by atoms with van der Waals surface area (Å²) in [6.07, 6.45) is 0.0479. The van der Waals surface area contributed by atoms with E-state index in [-0.39, 0.29) is 11.7 Å². The van der Waals surface area contributed by atoms with Crippen LogP contribution >= 0.6 is 0 Å². The van der Waals surface area contributed by atoms with Crippen LogP contribution < -0.4 is 11.1 Å². The van der Waals surface area contributed by atoms with Gasteiger partial charge in [0.25, 0.3) is 0 Å². The SMILES string of the molecule is NCC1CC(O)Nc2cc(O)ccc21. The van der Waals surface area contributed by atoms with Crippen molar-refractivity contribution in [3.05, 3.63) is 23.8 Å². The molecule has 14 heavy (non-hydrogen) atoms. The molecule has 0 amide bonds. The van der Waals surface area contributed by atoms with Crippen LogP contribution in [0.5, 0.6) is 5.75 Å². The molecule has 2 atom stereocenters. The Labute approximate surface area is 82.4 Å². The smallest absolute Gasteiger partial charge is 0.125 e. The summed E-state index contributed by atoms with van der Waals surface area (Å²) in [5.41, 5.74) is 7.46. The molecule has 0 radical (unpaired) electrons. The largest absolute Gasteiger partial charge is 0.508 e. The van der Waals surface area contributed by atoms with Gasteiger partial charge >= 0.3 is 0 Å². The zero-order chi connectivity index (χ0) is 10.1. The number of benzene rings is 1. The normalized spacial score (nSPS) is 25.3. The Hall–Kier alpha value is -1.26. The lowest BCUT2D eigenvalue weighted by Gasteiger charge is -2.29. The number of phenols is 1. The zero-order valence-corrected chi connectivity index (χ0v) is 7.77. The van der Waals surface area contributed by atoms with Gasteiger partial charge in [0.1, 0.15) is 12.0 Å². The van der Waals surface area contributed by atoms with E-state index >= 15 is 0 Å². The first-order chi connectivity index (χ1) is 6.70. The predicted octanol–water partition coefficient (Wildman–Crippen LogP) is 0.568. The number of hydrogen-bond acceptors (Lipinski definition) is 4. The van der Waals surface area contributed by atoms with Gasteiger partial charge in [-0.1, -0.05) is 6.07 Å². The number of anilines is 1. The molecular weight excluding hydrogens is 180 g/mol. The Bertz CT molecular complexity index is 341. The second kappa shape index (κ2) is 3.48. The number of aliphatic hydroxyl groups excluding tert-OH is 1. The summed E-state index contributed by atoms with van der Waals surface area (Å²) in [6.45, 7) is 0.510. The minimum atomic E-state index is -0.571. The van der Waals surface area contributed by atoms with E-state index in [1.165, 1.54) is 0 Å². The van der Waals surface area contributed by atoms with E-state index in [2.05, 4.69) is 5.32 Å². The van der Waals surface area contributed by atoms with E-state index in [0.29, 0.717) is 13.0 Å². The lowest BCUT2D eigenvalue weighted by Crippen LogP contribution is -2.30. The molecule has 4 nitrogen and oxygen atoms in total. The fraction of sp³-hybridized carbons (Fsp3) is 0.400. The van der Waals surface area contributed by atoms with Gasteiger partial charge < -0.3 is 21.3 Å². The highest BCUT2D eigenvalue weighted by atomic mass is 16.3. The molecule has 0 aliphatic carbocycles. The average molecular weight is 194 g/mol. The van der Waals surface area contributed by atoms with Crippen molar-refractivity contribution in [1.29, 1.82) is 0 Å². The van der Waals surface area contributed by atoms with Gasteiger partial charge in [0.15, 0.2) is 0 Å². The lowest BCUT2D eigenvalue weighted by molar-refractivity contribution is 0.178. The third-order valence-corrected chi connectivity index (χ3v) is 2.59. The number of phenolic OH excluding ortho intramolecular Hbond substituents is 1. The van der Waals surface area contributed by atoms with E-state index in [9.17, 15) is 10.2 Å². The number of nitrogens with two attached hydrogens (primary N) is 1. The molecular formula is C10H14N2O2. The third-order valence-electron chi connectivity index (χ3n) is 2.59. The quantitative estimate of drug-likeness (QED) is 0.527. The van der Waals surface area contributed by atoms with Crippen molar-refractivity contribution >= 4 is 5.69 Å². The number of nitrogens with one attached hydrogen (secondary N) is 1. The summed E-state index contributed by atoms with van der Waals surface area (Å²) in [5.74, 6) is 0.364. The lowest BCUT2D eigenvalue weighted by atomic mass is 9.90. The topological polar surface area (TPSA) is 78.5 Å². The molecule has 0 saturated heterocycles. The third kappa shape index (κ3) is 1.54. The molecule has 1 heterocycles. The summed E-state index contributed by atoms with van der Waals surface area (Å²) in [5, 5.41) is 21.7. The maximum atomic E-state index is 9.50. The number of fused-ring (bicyclic) bond motifs is 1. The van der Waals surface area contributed by atoms with Crippen LogP contribution in [0.2, 0.25) is 0 Å². The molecule has 2 rings (SSSR count). The Morgan fingerprint density at radius 2 is 2.29 bits per heavy atom. The molecule has 1 aliphatic heterocycles. The molecule has 5 N–H and O–H groups in total. The molecule has 0 spiro atoms. The fourth-order valence-corrected chi connectivity index (χ4v) is 1.88. The van der Waals surface area contributed by atoms with Crippen LogP contribution in [0.4, 0.5) is 5.69 Å². The van der Waals surface area contributed by atoms with Crippen molar-refractivity contribution in [3.8, 4) is 5.75 Å². The van der Waals surface area contributed by atoms with E-state index < -0.39 is 6.23 Å². The van der Waals surface area contributed by atoms with Crippen LogP contribution in [-0.4, -0.2) is 23.0 Å². The molecule has 2 unspecified atom stereocenters. The van der Waals surface area contributed by atoms with Gasteiger partial charge in [-0.25, -0.2) is 0 Å². The van der Waals surface area contributed by atoms with Gasteiger partial charge in [-0.05, 0) is 18.2 Å². The molecule has 1 aromatic rings. The molecule has 0 saturated carbocycles. The number of hydrogen-bond donors (Lipinski definition) is 4. The summed E-state index contributed by atoms with van der Waals surface area (Å²) >= 11 is 0. The Morgan fingerprint density at radius 1 is 1.50 bits per heavy atom. The van der Waals surface area contributed by atoms with Crippen molar-refractivity contribution in [2.75, 3.05) is 11.9 Å². The monoisotopic (exact) mass is 194 g/mol. The van der Waals surface area contributed by atoms with Crippen LogP contribution in [0, 0.1) is 0 Å². The van der Waals surface area contributed by atoms with Crippen molar-refractivity contribution in [2.45, 2.75) is 18.6 Å². The summed E-state index contributed by atoms with van der Waals surface area (Å²) in [6, 6.07) is 5.10. The van der Waals surface area contributed by atoms with Crippen LogP contribution in [0.15, 0.2) is 18.2 Å². The number of rotatable bonds is 1. The van der Waals surface area contributed by atoms with Gasteiger partial charge in [0.05, 0.1) is 0 Å². The Kier molecular flexibility index (Phi) is 2.31. The van der Waals surface area contributed by atoms with Gasteiger partial charge in [-0.2, -0.15) is 0 Å². The Balaban J connectivity index is 2.40.